The average Bonchev–Trinajstić information content (AvgIpc) is 2.70. The molecule has 0 aliphatic carbocycles. The smallest absolute Gasteiger partial charge is 0.417 e. The lowest BCUT2D eigenvalue weighted by Gasteiger charge is -2.06. The van der Waals surface area contributed by atoms with Crippen LogP contribution in [0, 0.1) is 6.92 Å². The molecule has 3 aromatic rings. The molecule has 0 aliphatic heterocycles. The van der Waals surface area contributed by atoms with Crippen molar-refractivity contribution in [1.29, 1.82) is 0 Å². The number of H-pyrrole nitrogens is 1. The van der Waals surface area contributed by atoms with Gasteiger partial charge >= 0.3 is 5.76 Å². The summed E-state index contributed by atoms with van der Waals surface area (Å²) in [7, 11) is 0. The van der Waals surface area contributed by atoms with Crippen molar-refractivity contribution in [1.82, 2.24) is 9.97 Å². The van der Waals surface area contributed by atoms with E-state index in [2.05, 4.69) is 9.97 Å². The maximum absolute atomic E-state index is 11.2. The van der Waals surface area contributed by atoms with Crippen LogP contribution in [0.4, 0.5) is 0 Å². The number of fused-ring (bicyclic) bond motifs is 1. The van der Waals surface area contributed by atoms with Crippen LogP contribution in [0.2, 0.25) is 5.15 Å². The molecule has 0 aliphatic rings. The van der Waals surface area contributed by atoms with Crippen LogP contribution >= 0.6 is 11.6 Å². The zero-order chi connectivity index (χ0) is 13.4. The highest BCUT2D eigenvalue weighted by atomic mass is 35.5. The summed E-state index contributed by atoms with van der Waals surface area (Å²) in [4.78, 5) is 17.7. The number of nitrogens with one attached hydrogen (secondary N) is 1. The second-order valence-corrected chi connectivity index (χ2v) is 4.43. The number of oxazole rings is 1. The average molecular weight is 277 g/mol. The molecule has 2 aromatic heterocycles. The fourth-order valence-electron chi connectivity index (χ4n) is 1.83. The Hall–Kier alpha value is -2.27. The lowest BCUT2D eigenvalue weighted by molar-refractivity contribution is 0.480. The molecule has 1 N–H and O–H groups in total. The number of pyridine rings is 1. The van der Waals surface area contributed by atoms with E-state index in [9.17, 15) is 4.79 Å². The molecule has 0 amide bonds. The highest BCUT2D eigenvalue weighted by Crippen LogP contribution is 2.27. The fraction of sp³-hybridized carbons (Fsp3) is 0.0769. The molecule has 0 spiro atoms. The van der Waals surface area contributed by atoms with Crippen molar-refractivity contribution in [3.63, 3.8) is 0 Å². The molecule has 0 radical (unpaired) electrons. The van der Waals surface area contributed by atoms with E-state index in [1.807, 2.05) is 13.0 Å². The standard InChI is InChI=1S/C13H9ClN2O3/c1-7-4-9(5-10-12(7)16-13(17)19-10)18-8-2-3-15-11(14)6-8/h2-6H,1H3,(H,16,17). The molecule has 19 heavy (non-hydrogen) atoms. The van der Waals surface area contributed by atoms with Gasteiger partial charge in [0.05, 0.1) is 5.52 Å². The summed E-state index contributed by atoms with van der Waals surface area (Å²) in [6.07, 6.45) is 1.56. The molecule has 2 heterocycles. The van der Waals surface area contributed by atoms with Gasteiger partial charge in [-0.1, -0.05) is 11.6 Å². The van der Waals surface area contributed by atoms with E-state index in [0.717, 1.165) is 5.56 Å². The van der Waals surface area contributed by atoms with Crippen molar-refractivity contribution in [3.8, 4) is 11.5 Å². The first-order valence-electron chi connectivity index (χ1n) is 5.55. The Morgan fingerprint density at radius 2 is 2.16 bits per heavy atom. The van der Waals surface area contributed by atoms with Crippen molar-refractivity contribution < 1.29 is 9.15 Å². The van der Waals surface area contributed by atoms with Gasteiger partial charge in [0.25, 0.3) is 0 Å². The number of aromatic nitrogens is 2. The molecule has 5 nitrogen and oxygen atoms in total. The number of hydrogen-bond acceptors (Lipinski definition) is 4. The van der Waals surface area contributed by atoms with E-state index in [1.165, 1.54) is 0 Å². The lowest BCUT2D eigenvalue weighted by atomic mass is 10.2. The van der Waals surface area contributed by atoms with E-state index in [0.29, 0.717) is 27.8 Å². The van der Waals surface area contributed by atoms with Crippen molar-refractivity contribution >= 4 is 22.7 Å². The van der Waals surface area contributed by atoms with Gasteiger partial charge < -0.3 is 9.15 Å². The highest BCUT2D eigenvalue weighted by molar-refractivity contribution is 6.29. The van der Waals surface area contributed by atoms with Crippen molar-refractivity contribution in [2.24, 2.45) is 0 Å². The Morgan fingerprint density at radius 1 is 1.32 bits per heavy atom. The van der Waals surface area contributed by atoms with E-state index in [4.69, 9.17) is 20.8 Å². The summed E-state index contributed by atoms with van der Waals surface area (Å²) in [5, 5.41) is 0.350. The van der Waals surface area contributed by atoms with E-state index < -0.39 is 5.76 Å². The highest BCUT2D eigenvalue weighted by Gasteiger charge is 2.08. The molecule has 6 heteroatoms. The quantitative estimate of drug-likeness (QED) is 0.729. The number of nitrogens with zero attached hydrogens (tertiary/aromatic N) is 1. The van der Waals surface area contributed by atoms with Crippen LogP contribution in [0.1, 0.15) is 5.56 Å². The molecule has 0 fully saturated rings. The van der Waals surface area contributed by atoms with Gasteiger partial charge in [0, 0.05) is 18.3 Å². The maximum Gasteiger partial charge on any atom is 0.417 e. The third-order valence-corrected chi connectivity index (χ3v) is 2.84. The van der Waals surface area contributed by atoms with Gasteiger partial charge in [0.2, 0.25) is 0 Å². The second-order valence-electron chi connectivity index (χ2n) is 4.04. The minimum Gasteiger partial charge on any atom is -0.457 e. The number of hydrogen-bond donors (Lipinski definition) is 1. The lowest BCUT2D eigenvalue weighted by Crippen LogP contribution is -1.93. The summed E-state index contributed by atoms with van der Waals surface area (Å²) in [5.41, 5.74) is 1.99. The number of aryl methyl sites for hydroxylation is 1. The number of aromatic amines is 1. The normalized spacial score (nSPS) is 10.8. The van der Waals surface area contributed by atoms with Crippen LogP contribution in [0.15, 0.2) is 39.7 Å². The van der Waals surface area contributed by atoms with Crippen LogP contribution in [-0.4, -0.2) is 9.97 Å². The van der Waals surface area contributed by atoms with Gasteiger partial charge in [-0.3, -0.25) is 4.98 Å². The number of halogens is 1. The minimum absolute atomic E-state index is 0.350. The SMILES string of the molecule is Cc1cc(Oc2ccnc(Cl)c2)cc2oc(=O)[nH]c12. The van der Waals surface area contributed by atoms with Gasteiger partial charge in [0.15, 0.2) is 5.58 Å². The molecule has 0 saturated heterocycles. The Kier molecular flexibility index (Phi) is 2.76. The van der Waals surface area contributed by atoms with Crippen molar-refractivity contribution in [3.05, 3.63) is 51.7 Å². The zero-order valence-corrected chi connectivity index (χ0v) is 10.7. The van der Waals surface area contributed by atoms with Crippen LogP contribution in [0.3, 0.4) is 0 Å². The van der Waals surface area contributed by atoms with Crippen LogP contribution in [0.25, 0.3) is 11.1 Å². The summed E-state index contributed by atoms with van der Waals surface area (Å²) < 4.78 is 10.7. The molecule has 0 atom stereocenters. The summed E-state index contributed by atoms with van der Waals surface area (Å²) in [6, 6.07) is 6.75. The van der Waals surface area contributed by atoms with Crippen molar-refractivity contribution in [2.75, 3.05) is 0 Å². The maximum atomic E-state index is 11.2. The zero-order valence-electron chi connectivity index (χ0n) is 9.94. The summed E-state index contributed by atoms with van der Waals surface area (Å²) in [6.45, 7) is 1.86. The molecule has 0 unspecified atom stereocenters. The molecule has 96 valence electrons. The van der Waals surface area contributed by atoms with E-state index in [1.54, 1.807) is 24.4 Å². The van der Waals surface area contributed by atoms with Crippen LogP contribution in [-0.2, 0) is 0 Å². The number of benzene rings is 1. The van der Waals surface area contributed by atoms with E-state index in [-0.39, 0.29) is 0 Å². The van der Waals surface area contributed by atoms with Crippen LogP contribution < -0.4 is 10.5 Å². The Morgan fingerprint density at radius 3 is 2.95 bits per heavy atom. The number of ether oxygens (including phenoxy) is 1. The monoisotopic (exact) mass is 276 g/mol. The molecular formula is C13H9ClN2O3. The Balaban J connectivity index is 2.03. The van der Waals surface area contributed by atoms with Gasteiger partial charge in [-0.05, 0) is 24.6 Å². The van der Waals surface area contributed by atoms with Gasteiger partial charge in [-0.15, -0.1) is 0 Å². The van der Waals surface area contributed by atoms with E-state index >= 15 is 0 Å². The molecule has 0 saturated carbocycles. The topological polar surface area (TPSA) is 68.1 Å². The first-order valence-corrected chi connectivity index (χ1v) is 5.92. The predicted molar refractivity (Wildman–Crippen MR) is 70.9 cm³/mol. The van der Waals surface area contributed by atoms with Crippen molar-refractivity contribution in [2.45, 2.75) is 6.92 Å². The first-order chi connectivity index (χ1) is 9.11. The second kappa shape index (κ2) is 4.44. The summed E-state index contributed by atoms with van der Waals surface area (Å²) in [5.74, 6) is 0.647. The fourth-order valence-corrected chi connectivity index (χ4v) is 2.00. The third-order valence-electron chi connectivity index (χ3n) is 2.64. The minimum atomic E-state index is -0.484. The van der Waals surface area contributed by atoms with Gasteiger partial charge in [0.1, 0.15) is 16.7 Å². The van der Waals surface area contributed by atoms with Crippen LogP contribution in [0.5, 0.6) is 11.5 Å². The van der Waals surface area contributed by atoms with Gasteiger partial charge in [-0.25, -0.2) is 9.78 Å². The number of rotatable bonds is 2. The largest absolute Gasteiger partial charge is 0.457 e. The molecule has 0 bridgehead atoms. The molecule has 1 aromatic carbocycles. The molecular weight excluding hydrogens is 268 g/mol. The van der Waals surface area contributed by atoms with Gasteiger partial charge in [-0.2, -0.15) is 0 Å². The Labute approximate surface area is 112 Å². The Bertz CT molecular complexity index is 807. The third kappa shape index (κ3) is 2.32. The predicted octanol–water partition coefficient (Wildman–Crippen LogP) is 3.27. The first kappa shape index (κ1) is 11.8. The summed E-state index contributed by atoms with van der Waals surface area (Å²) >= 11 is 5.78. The molecule has 3 rings (SSSR count).